The fraction of sp³-hybridized carbons (Fsp3) is 0.854. The van der Waals surface area contributed by atoms with Crippen LogP contribution in [0.3, 0.4) is 0 Å². The zero-order valence-electron chi connectivity index (χ0n) is 41.9. The van der Waals surface area contributed by atoms with Gasteiger partial charge in [-0.05, 0) is 0 Å². The van der Waals surface area contributed by atoms with Crippen molar-refractivity contribution in [2.75, 3.05) is 33.0 Å². The number of hydrogen-bond donors (Lipinski definition) is 15. The fourth-order valence-electron chi connectivity index (χ4n) is 8.55. The SMILES string of the molecule is CC(=O)NC1C(OC2C(C(=O)[O-])OC(OC3C(O)C(CO)OC(OC4C(O)C(CO)OC(OC(C=O)COC(C=O)OCC(N)C(=O)O)C4O)C3O)C(O)C2O)OC(CO)C(OC2OC(C(=O)[O-])C(C)C(O)C2O)C1O.[Na+].[Na+]. The maximum atomic E-state index is 12.6. The molecule has 16 N–H and O–H groups in total. The summed E-state index contributed by atoms with van der Waals surface area (Å²) >= 11 is 0. The second-order valence-electron chi connectivity index (χ2n) is 18.0. The molecule has 0 aromatic heterocycles. The molecule has 78 heavy (non-hydrogen) atoms. The fourth-order valence-corrected chi connectivity index (χ4v) is 8.55. The maximum absolute atomic E-state index is 12.6. The van der Waals surface area contributed by atoms with Crippen molar-refractivity contribution in [3.63, 3.8) is 0 Å². The van der Waals surface area contributed by atoms with Gasteiger partial charge in [0, 0.05) is 12.8 Å². The molecule has 0 spiro atoms. The predicted octanol–water partition coefficient (Wildman–Crippen LogP) is -20.4. The Morgan fingerprint density at radius 2 is 1.01 bits per heavy atom. The normalized spacial score (nSPS) is 42.1. The van der Waals surface area contributed by atoms with Gasteiger partial charge in [-0.1, -0.05) is 6.92 Å². The molecule has 0 bridgehead atoms. The Bertz CT molecular complexity index is 1940. The zero-order valence-corrected chi connectivity index (χ0v) is 45.9. The van der Waals surface area contributed by atoms with Crippen LogP contribution in [0.15, 0.2) is 0 Å². The molecule has 5 rings (SSSR count). The van der Waals surface area contributed by atoms with Crippen LogP contribution < -0.4 is 80.4 Å². The summed E-state index contributed by atoms with van der Waals surface area (Å²) in [4.78, 5) is 71.0. The maximum Gasteiger partial charge on any atom is 1.00 e. The van der Waals surface area contributed by atoms with Crippen molar-refractivity contribution in [1.29, 1.82) is 0 Å². The van der Waals surface area contributed by atoms with Crippen LogP contribution in [0, 0.1) is 5.92 Å². The van der Waals surface area contributed by atoms with Gasteiger partial charge < -0.3 is 159 Å². The number of aliphatic carboxylic acids is 3. The molecule has 436 valence electrons. The van der Waals surface area contributed by atoms with Crippen LogP contribution in [0.2, 0.25) is 0 Å². The van der Waals surface area contributed by atoms with E-state index in [1.807, 2.05) is 0 Å². The molecule has 5 heterocycles. The van der Waals surface area contributed by atoms with Crippen LogP contribution in [0.1, 0.15) is 13.8 Å². The molecule has 5 aliphatic heterocycles. The molecule has 5 aliphatic rings. The third-order valence-corrected chi connectivity index (χ3v) is 12.7. The molecule has 0 saturated carbocycles. The van der Waals surface area contributed by atoms with E-state index in [1.165, 1.54) is 6.92 Å². The number of rotatable bonds is 25. The largest absolute Gasteiger partial charge is 1.00 e. The van der Waals surface area contributed by atoms with Gasteiger partial charge in [-0.15, -0.1) is 0 Å². The van der Waals surface area contributed by atoms with E-state index in [4.69, 9.17) is 67.7 Å². The number of aliphatic hydroxyl groups excluding tert-OH is 12. The first kappa shape index (κ1) is 70.5. The van der Waals surface area contributed by atoms with E-state index in [-0.39, 0.29) is 71.7 Å². The summed E-state index contributed by atoms with van der Waals surface area (Å²) in [5, 5.41) is 166. The van der Waals surface area contributed by atoms with Gasteiger partial charge in [0.2, 0.25) is 12.2 Å². The second-order valence-corrected chi connectivity index (χ2v) is 18.0. The Balaban J connectivity index is 0.00000800. The van der Waals surface area contributed by atoms with Crippen molar-refractivity contribution < 1.29 is 221 Å². The van der Waals surface area contributed by atoms with Crippen molar-refractivity contribution >= 4 is 36.4 Å². The molecule has 5 fully saturated rings. The average molecular weight is 1160 g/mol. The summed E-state index contributed by atoms with van der Waals surface area (Å²) in [5.74, 6) is -7.66. The Kier molecular flexibility index (Phi) is 28.7. The number of aliphatic hydroxyl groups is 12. The van der Waals surface area contributed by atoms with Crippen molar-refractivity contribution in [3.05, 3.63) is 0 Å². The predicted molar refractivity (Wildman–Crippen MR) is 223 cm³/mol. The molecule has 0 aromatic rings. The summed E-state index contributed by atoms with van der Waals surface area (Å²) in [6.07, 6.45) is -51.9. The van der Waals surface area contributed by atoms with E-state index < -0.39 is 229 Å². The van der Waals surface area contributed by atoms with Crippen LogP contribution in [-0.2, 0) is 85.6 Å². The zero-order chi connectivity index (χ0) is 56.6. The minimum atomic E-state index is -2.55. The molecule has 37 heteroatoms. The minimum Gasteiger partial charge on any atom is -0.547 e. The number of carbonyl (C=O) groups excluding carboxylic acids is 5. The van der Waals surface area contributed by atoms with Crippen LogP contribution in [-0.4, -0.2) is 302 Å². The summed E-state index contributed by atoms with van der Waals surface area (Å²) in [5.41, 5.74) is 5.33. The molecule has 35 nitrogen and oxygen atoms in total. The second kappa shape index (κ2) is 31.8. The average Bonchev–Trinajstić information content (AvgIpc) is 3.37. The first-order valence-corrected chi connectivity index (χ1v) is 23.1. The Labute approximate surface area is 484 Å². The number of carbonyl (C=O) groups is 6. The summed E-state index contributed by atoms with van der Waals surface area (Å²) in [6, 6.07) is -3.44. The van der Waals surface area contributed by atoms with E-state index in [2.05, 4.69) is 5.32 Å². The third-order valence-electron chi connectivity index (χ3n) is 12.7. The van der Waals surface area contributed by atoms with Gasteiger partial charge in [-0.25, -0.2) is 0 Å². The van der Waals surface area contributed by atoms with Crippen LogP contribution >= 0.6 is 0 Å². The van der Waals surface area contributed by atoms with Gasteiger partial charge in [-0.2, -0.15) is 0 Å². The summed E-state index contributed by atoms with van der Waals surface area (Å²) in [6.45, 7) is -2.62. The van der Waals surface area contributed by atoms with E-state index >= 15 is 0 Å². The molecule has 0 aliphatic carbocycles. The Morgan fingerprint density at radius 3 is 1.50 bits per heavy atom. The van der Waals surface area contributed by atoms with E-state index in [0.717, 1.165) is 6.92 Å². The number of ether oxygens (including phenoxy) is 12. The van der Waals surface area contributed by atoms with Crippen LogP contribution in [0.25, 0.3) is 0 Å². The van der Waals surface area contributed by atoms with Crippen LogP contribution in [0.5, 0.6) is 0 Å². The van der Waals surface area contributed by atoms with Crippen LogP contribution in [0.4, 0.5) is 0 Å². The number of aldehydes is 2. The molecule has 1 amide bonds. The number of nitrogens with one attached hydrogen (secondary N) is 1. The van der Waals surface area contributed by atoms with Gasteiger partial charge >= 0.3 is 65.1 Å². The molecular formula is C41H62N2Na2O33. The van der Waals surface area contributed by atoms with E-state index in [1.54, 1.807) is 0 Å². The van der Waals surface area contributed by atoms with E-state index in [9.17, 15) is 100 Å². The quantitative estimate of drug-likeness (QED) is 0.0229. The molecule has 5 saturated heterocycles. The first-order chi connectivity index (χ1) is 35.8. The van der Waals surface area contributed by atoms with Crippen molar-refractivity contribution in [2.45, 2.75) is 180 Å². The third kappa shape index (κ3) is 16.7. The minimum absolute atomic E-state index is 0. The number of hydrogen-bond acceptors (Lipinski definition) is 33. The summed E-state index contributed by atoms with van der Waals surface area (Å²) < 4.78 is 65.2. The van der Waals surface area contributed by atoms with Crippen molar-refractivity contribution in [3.8, 4) is 0 Å². The number of carboxylic acid groups (broad SMARTS) is 3. The van der Waals surface area contributed by atoms with Gasteiger partial charge in [0.1, 0.15) is 122 Å². The van der Waals surface area contributed by atoms with Crippen molar-refractivity contribution in [2.24, 2.45) is 11.7 Å². The summed E-state index contributed by atoms with van der Waals surface area (Å²) in [7, 11) is 0. The Hall–Kier alpha value is -1.78. The number of carboxylic acids is 3. The molecule has 0 aromatic carbocycles. The molecule has 28 unspecified atom stereocenters. The smallest absolute Gasteiger partial charge is 0.547 e. The number of nitrogens with two attached hydrogens (primary N) is 1. The number of amides is 1. The topological polar surface area (TPSA) is 560 Å². The van der Waals surface area contributed by atoms with Gasteiger partial charge in [0.05, 0.1) is 51.1 Å². The molecule has 28 atom stereocenters. The molecular weight excluding hydrogens is 1090 g/mol. The molecule has 0 radical (unpaired) electrons. The van der Waals surface area contributed by atoms with Gasteiger partial charge in [0.15, 0.2) is 44.0 Å². The Morgan fingerprint density at radius 1 is 0.564 bits per heavy atom. The van der Waals surface area contributed by atoms with E-state index in [0.29, 0.717) is 0 Å². The standard InChI is InChI=1S/C41H64N2O33.2Na/c1-10-19(50)24(55)38(71-28(10)35(61)62)72-29-16(6-47)70-37(18(22(29)53)43-11(2)49)75-32-23(54)25(56)39(76-33(32)36(63)64)73-31-21(52)15(5-46)69-41(27(31)58)74-30-20(51)14(4-45)68-40(26(30)57)67-12(3-44)8-65-17(7-48)66-9-13(42)34(59)60;;/h3,7,10,12-33,37-41,45-47,50-58H,4-6,8-9,42H2,1-2H3,(H,43,49)(H,59,60)(H,61,62)(H,63,64);;/q;2*+1/p-2. The van der Waals surface area contributed by atoms with Gasteiger partial charge in [-0.3, -0.25) is 14.4 Å². The monoisotopic (exact) mass is 1160 g/mol. The van der Waals surface area contributed by atoms with Gasteiger partial charge in [0.25, 0.3) is 0 Å². The first-order valence-electron chi connectivity index (χ1n) is 23.1. The van der Waals surface area contributed by atoms with Crippen molar-refractivity contribution in [1.82, 2.24) is 5.32 Å².